The van der Waals surface area contributed by atoms with Crippen LogP contribution in [0, 0.1) is 0 Å². The second kappa shape index (κ2) is 4.58. The molecule has 0 N–H and O–H groups in total. The van der Waals surface area contributed by atoms with E-state index in [0.29, 0.717) is 0 Å². The SMILES string of the molecule is CCc1nc2c(c(N3CCOCC3)n1)CCC1(CC1)O2. The van der Waals surface area contributed by atoms with Gasteiger partial charge in [-0.2, -0.15) is 4.98 Å². The Kier molecular flexibility index (Phi) is 2.84. The maximum Gasteiger partial charge on any atom is 0.222 e. The molecule has 4 rings (SSSR count). The Morgan fingerprint density at radius 2 is 1.95 bits per heavy atom. The molecule has 3 aliphatic rings. The molecule has 0 unspecified atom stereocenters. The van der Waals surface area contributed by atoms with E-state index in [1.807, 2.05) is 0 Å². The van der Waals surface area contributed by atoms with E-state index >= 15 is 0 Å². The molecule has 0 amide bonds. The number of hydrogen-bond acceptors (Lipinski definition) is 5. The van der Waals surface area contributed by atoms with Crippen molar-refractivity contribution in [2.24, 2.45) is 0 Å². The predicted octanol–water partition coefficient (Wildman–Crippen LogP) is 1.73. The second-order valence-corrected chi connectivity index (χ2v) is 5.99. The van der Waals surface area contributed by atoms with Gasteiger partial charge in [0.25, 0.3) is 0 Å². The molecule has 1 saturated heterocycles. The Morgan fingerprint density at radius 3 is 2.65 bits per heavy atom. The van der Waals surface area contributed by atoms with Crippen LogP contribution in [0.4, 0.5) is 5.82 Å². The number of ether oxygens (including phenoxy) is 2. The summed E-state index contributed by atoms with van der Waals surface area (Å²) in [5.41, 5.74) is 1.33. The van der Waals surface area contributed by atoms with Crippen molar-refractivity contribution in [1.29, 1.82) is 0 Å². The number of aryl methyl sites for hydroxylation is 1. The average molecular weight is 275 g/mol. The molecule has 20 heavy (non-hydrogen) atoms. The third-order valence-corrected chi connectivity index (χ3v) is 4.57. The summed E-state index contributed by atoms with van der Waals surface area (Å²) >= 11 is 0. The fourth-order valence-corrected chi connectivity index (χ4v) is 3.09. The van der Waals surface area contributed by atoms with Crippen molar-refractivity contribution in [2.45, 2.75) is 44.6 Å². The van der Waals surface area contributed by atoms with E-state index in [-0.39, 0.29) is 5.60 Å². The van der Waals surface area contributed by atoms with E-state index in [4.69, 9.17) is 14.5 Å². The lowest BCUT2D eigenvalue weighted by molar-refractivity contribution is 0.121. The van der Waals surface area contributed by atoms with Gasteiger partial charge in [0, 0.05) is 19.5 Å². The monoisotopic (exact) mass is 275 g/mol. The minimum absolute atomic E-state index is 0.120. The van der Waals surface area contributed by atoms with Crippen LogP contribution >= 0.6 is 0 Å². The molecular weight excluding hydrogens is 254 g/mol. The van der Waals surface area contributed by atoms with E-state index in [9.17, 15) is 0 Å². The average Bonchev–Trinajstić information content (AvgIpc) is 3.25. The van der Waals surface area contributed by atoms with Crippen LogP contribution in [0.5, 0.6) is 5.88 Å². The predicted molar refractivity (Wildman–Crippen MR) is 75.4 cm³/mol. The highest BCUT2D eigenvalue weighted by molar-refractivity contribution is 5.53. The first-order valence-electron chi connectivity index (χ1n) is 7.71. The van der Waals surface area contributed by atoms with Crippen molar-refractivity contribution in [3.8, 4) is 5.88 Å². The normalized spacial score (nSPS) is 23.4. The van der Waals surface area contributed by atoms with Crippen LogP contribution in [0.1, 0.15) is 37.6 Å². The lowest BCUT2D eigenvalue weighted by Crippen LogP contribution is -2.38. The van der Waals surface area contributed by atoms with Gasteiger partial charge in [-0.25, -0.2) is 4.98 Å². The van der Waals surface area contributed by atoms with E-state index < -0.39 is 0 Å². The lowest BCUT2D eigenvalue weighted by atomic mass is 10.0. The Hall–Kier alpha value is -1.36. The zero-order valence-corrected chi connectivity index (χ0v) is 12.0. The topological polar surface area (TPSA) is 47.5 Å². The summed E-state index contributed by atoms with van der Waals surface area (Å²) in [4.78, 5) is 11.7. The molecule has 1 spiro atoms. The summed E-state index contributed by atoms with van der Waals surface area (Å²) in [6.07, 6.45) is 5.38. The van der Waals surface area contributed by atoms with Crippen LogP contribution in [0.3, 0.4) is 0 Å². The van der Waals surface area contributed by atoms with Crippen LogP contribution in [0.25, 0.3) is 0 Å². The molecule has 2 aliphatic heterocycles. The molecule has 2 fully saturated rings. The van der Waals surface area contributed by atoms with E-state index in [1.54, 1.807) is 0 Å². The fraction of sp³-hybridized carbons (Fsp3) is 0.733. The Morgan fingerprint density at radius 1 is 1.15 bits per heavy atom. The highest BCUT2D eigenvalue weighted by Crippen LogP contribution is 2.49. The molecule has 3 heterocycles. The number of anilines is 1. The molecule has 0 aromatic carbocycles. The molecule has 108 valence electrons. The summed E-state index contributed by atoms with van der Waals surface area (Å²) in [7, 11) is 0. The van der Waals surface area contributed by atoms with Crippen LogP contribution in [0.2, 0.25) is 0 Å². The van der Waals surface area contributed by atoms with Crippen LogP contribution in [0.15, 0.2) is 0 Å². The van der Waals surface area contributed by atoms with E-state index in [0.717, 1.165) is 63.1 Å². The number of hydrogen-bond donors (Lipinski definition) is 0. The molecule has 5 nitrogen and oxygen atoms in total. The van der Waals surface area contributed by atoms with Crippen LogP contribution < -0.4 is 9.64 Å². The summed E-state index contributed by atoms with van der Waals surface area (Å²) in [6.45, 7) is 5.49. The zero-order valence-electron chi connectivity index (χ0n) is 12.0. The molecule has 5 heteroatoms. The van der Waals surface area contributed by atoms with E-state index in [1.165, 1.54) is 18.4 Å². The first-order valence-corrected chi connectivity index (χ1v) is 7.71. The Labute approximate surface area is 119 Å². The van der Waals surface area contributed by atoms with Crippen LogP contribution in [-0.4, -0.2) is 41.9 Å². The van der Waals surface area contributed by atoms with Gasteiger partial charge in [-0.05, 0) is 25.7 Å². The standard InChI is InChI=1S/C15H21N3O2/c1-2-12-16-13(18-7-9-19-10-8-18)11-3-4-15(5-6-15)20-14(11)17-12/h2-10H2,1H3. The third kappa shape index (κ3) is 2.04. The van der Waals surface area contributed by atoms with Gasteiger partial charge < -0.3 is 14.4 Å². The van der Waals surface area contributed by atoms with Crippen molar-refractivity contribution in [1.82, 2.24) is 9.97 Å². The quantitative estimate of drug-likeness (QED) is 0.822. The summed E-state index contributed by atoms with van der Waals surface area (Å²) in [5, 5.41) is 0. The molecule has 1 saturated carbocycles. The van der Waals surface area contributed by atoms with Gasteiger partial charge in [0.1, 0.15) is 17.2 Å². The van der Waals surface area contributed by atoms with Gasteiger partial charge in [0.05, 0.1) is 18.8 Å². The first-order chi connectivity index (χ1) is 9.80. The molecular formula is C15H21N3O2. The van der Waals surface area contributed by atoms with Gasteiger partial charge in [0.15, 0.2) is 0 Å². The maximum absolute atomic E-state index is 6.20. The lowest BCUT2D eigenvalue weighted by Gasteiger charge is -2.33. The highest BCUT2D eigenvalue weighted by Gasteiger charge is 2.48. The maximum atomic E-state index is 6.20. The zero-order chi connectivity index (χ0) is 13.6. The van der Waals surface area contributed by atoms with E-state index in [2.05, 4.69) is 16.8 Å². The molecule has 0 bridgehead atoms. The largest absolute Gasteiger partial charge is 0.471 e. The van der Waals surface area contributed by atoms with Gasteiger partial charge in [-0.1, -0.05) is 6.92 Å². The number of nitrogens with zero attached hydrogens (tertiary/aromatic N) is 3. The summed E-state index contributed by atoms with van der Waals surface area (Å²) in [5.74, 6) is 2.83. The summed E-state index contributed by atoms with van der Waals surface area (Å²) < 4.78 is 11.6. The first kappa shape index (κ1) is 12.4. The smallest absolute Gasteiger partial charge is 0.222 e. The van der Waals surface area contributed by atoms with Crippen LogP contribution in [-0.2, 0) is 17.6 Å². The Balaban J connectivity index is 1.73. The highest BCUT2D eigenvalue weighted by atomic mass is 16.5. The van der Waals surface area contributed by atoms with Crippen molar-refractivity contribution in [3.63, 3.8) is 0 Å². The van der Waals surface area contributed by atoms with Gasteiger partial charge >= 0.3 is 0 Å². The number of morpholine rings is 1. The third-order valence-electron chi connectivity index (χ3n) is 4.57. The van der Waals surface area contributed by atoms with Gasteiger partial charge in [-0.15, -0.1) is 0 Å². The number of rotatable bonds is 2. The number of fused-ring (bicyclic) bond motifs is 1. The van der Waals surface area contributed by atoms with Crippen molar-refractivity contribution >= 4 is 5.82 Å². The molecule has 1 aromatic rings. The number of aromatic nitrogens is 2. The minimum Gasteiger partial charge on any atom is -0.471 e. The molecule has 0 atom stereocenters. The van der Waals surface area contributed by atoms with Gasteiger partial charge in [-0.3, -0.25) is 0 Å². The Bertz CT molecular complexity index is 522. The molecule has 1 aliphatic carbocycles. The van der Waals surface area contributed by atoms with Crippen molar-refractivity contribution < 1.29 is 9.47 Å². The molecule has 1 aromatic heterocycles. The van der Waals surface area contributed by atoms with Crippen molar-refractivity contribution in [3.05, 3.63) is 11.4 Å². The minimum atomic E-state index is 0.120. The van der Waals surface area contributed by atoms with Gasteiger partial charge in [0.2, 0.25) is 5.88 Å². The fourth-order valence-electron chi connectivity index (χ4n) is 3.09. The molecule has 0 radical (unpaired) electrons. The van der Waals surface area contributed by atoms with Crippen molar-refractivity contribution in [2.75, 3.05) is 31.2 Å². The summed E-state index contributed by atoms with van der Waals surface area (Å²) in [6, 6.07) is 0. The second-order valence-electron chi connectivity index (χ2n) is 5.99.